The van der Waals surface area contributed by atoms with Crippen molar-refractivity contribution >= 4 is 30.1 Å². The van der Waals surface area contributed by atoms with E-state index in [1.165, 1.54) is 13.2 Å². The zero-order valence-corrected chi connectivity index (χ0v) is 12.7. The van der Waals surface area contributed by atoms with Crippen LogP contribution in [0.4, 0.5) is 5.69 Å². The van der Waals surface area contributed by atoms with Crippen molar-refractivity contribution in [3.63, 3.8) is 0 Å². The standard InChI is InChI=1S/C17H16BNO4/c1-22-17-9-12(5-6-15(17)19)16(20)7-3-11-2-4-13-10-23-18(21)14(13)8-11/h2-9,21H,10,19H2,1H3/b7-3+. The Morgan fingerprint density at radius 1 is 1.35 bits per heavy atom. The maximum Gasteiger partial charge on any atom is 0.491 e. The van der Waals surface area contributed by atoms with Crippen LogP contribution in [0.3, 0.4) is 0 Å². The minimum Gasteiger partial charge on any atom is -0.495 e. The van der Waals surface area contributed by atoms with Crippen molar-refractivity contribution in [1.82, 2.24) is 0 Å². The number of nitrogen functional groups attached to an aromatic ring is 1. The van der Waals surface area contributed by atoms with Crippen molar-refractivity contribution in [2.75, 3.05) is 12.8 Å². The summed E-state index contributed by atoms with van der Waals surface area (Å²) in [6.07, 6.45) is 3.19. The molecular formula is C17H16BNO4. The topological polar surface area (TPSA) is 81.8 Å². The van der Waals surface area contributed by atoms with E-state index >= 15 is 0 Å². The quantitative estimate of drug-likeness (QED) is 0.386. The largest absolute Gasteiger partial charge is 0.495 e. The molecule has 0 spiro atoms. The van der Waals surface area contributed by atoms with Crippen LogP contribution in [0.25, 0.3) is 6.08 Å². The number of ketones is 1. The summed E-state index contributed by atoms with van der Waals surface area (Å²) in [5, 5.41) is 9.71. The third-order valence-electron chi connectivity index (χ3n) is 3.78. The Kier molecular flexibility index (Phi) is 4.19. The van der Waals surface area contributed by atoms with Crippen molar-refractivity contribution in [3.05, 3.63) is 59.2 Å². The van der Waals surface area contributed by atoms with Crippen LogP contribution < -0.4 is 15.9 Å². The molecule has 0 saturated heterocycles. The van der Waals surface area contributed by atoms with Crippen molar-refractivity contribution in [1.29, 1.82) is 0 Å². The highest BCUT2D eigenvalue weighted by molar-refractivity contribution is 6.61. The summed E-state index contributed by atoms with van der Waals surface area (Å²) in [6.45, 7) is 0.407. The van der Waals surface area contributed by atoms with Gasteiger partial charge in [-0.05, 0) is 40.9 Å². The Labute approximate surface area is 134 Å². The average Bonchev–Trinajstić information content (AvgIpc) is 2.94. The number of nitrogens with two attached hydrogens (primary N) is 1. The van der Waals surface area contributed by atoms with E-state index in [0.717, 1.165) is 16.6 Å². The second kappa shape index (κ2) is 6.28. The molecule has 0 aromatic heterocycles. The summed E-state index contributed by atoms with van der Waals surface area (Å²) in [5.41, 5.74) is 9.25. The summed E-state index contributed by atoms with van der Waals surface area (Å²) in [6, 6.07) is 10.5. The number of fused-ring (bicyclic) bond motifs is 1. The molecule has 3 rings (SSSR count). The second-order valence-electron chi connectivity index (χ2n) is 5.28. The minimum atomic E-state index is -0.893. The van der Waals surface area contributed by atoms with Gasteiger partial charge in [-0.1, -0.05) is 24.3 Å². The Morgan fingerprint density at radius 2 is 2.17 bits per heavy atom. The highest BCUT2D eigenvalue weighted by Crippen LogP contribution is 2.22. The highest BCUT2D eigenvalue weighted by atomic mass is 16.5. The molecule has 5 nitrogen and oxygen atoms in total. The van der Waals surface area contributed by atoms with Crippen LogP contribution in [0.5, 0.6) is 5.75 Å². The number of hydrogen-bond donors (Lipinski definition) is 2. The monoisotopic (exact) mass is 309 g/mol. The second-order valence-corrected chi connectivity index (χ2v) is 5.28. The average molecular weight is 309 g/mol. The molecule has 1 heterocycles. The fourth-order valence-corrected chi connectivity index (χ4v) is 2.47. The fraction of sp³-hybridized carbons (Fsp3) is 0.118. The van der Waals surface area contributed by atoms with E-state index < -0.39 is 7.12 Å². The van der Waals surface area contributed by atoms with E-state index in [9.17, 15) is 9.82 Å². The number of benzene rings is 2. The lowest BCUT2D eigenvalue weighted by Gasteiger charge is -2.05. The van der Waals surface area contributed by atoms with Gasteiger partial charge in [-0.2, -0.15) is 0 Å². The number of ether oxygens (including phenoxy) is 1. The molecule has 2 aromatic carbocycles. The summed E-state index contributed by atoms with van der Waals surface area (Å²) in [7, 11) is 0.615. The van der Waals surface area contributed by atoms with Crippen LogP contribution in [0, 0.1) is 0 Å². The summed E-state index contributed by atoms with van der Waals surface area (Å²) < 4.78 is 10.3. The Bertz CT molecular complexity index is 788. The number of anilines is 1. The summed E-state index contributed by atoms with van der Waals surface area (Å²) in [5.74, 6) is 0.322. The first-order valence-electron chi connectivity index (χ1n) is 7.17. The molecule has 2 aromatic rings. The Balaban J connectivity index is 1.80. The van der Waals surface area contributed by atoms with Gasteiger partial charge in [0.2, 0.25) is 0 Å². The molecule has 0 amide bonds. The first-order valence-corrected chi connectivity index (χ1v) is 7.17. The molecule has 0 radical (unpaired) electrons. The molecular weight excluding hydrogens is 293 g/mol. The van der Waals surface area contributed by atoms with Crippen molar-refractivity contribution in [2.24, 2.45) is 0 Å². The first-order chi connectivity index (χ1) is 11.1. The normalized spacial score (nSPS) is 13.4. The van der Waals surface area contributed by atoms with Gasteiger partial charge in [0.1, 0.15) is 5.75 Å². The van der Waals surface area contributed by atoms with E-state index in [-0.39, 0.29) is 5.78 Å². The van der Waals surface area contributed by atoms with Crippen molar-refractivity contribution in [3.8, 4) is 5.75 Å². The number of carbonyl (C=O) groups is 1. The lowest BCUT2D eigenvalue weighted by atomic mass is 9.79. The molecule has 23 heavy (non-hydrogen) atoms. The molecule has 0 bridgehead atoms. The smallest absolute Gasteiger partial charge is 0.491 e. The zero-order chi connectivity index (χ0) is 16.4. The number of allylic oxidation sites excluding steroid dienone is 1. The van der Waals surface area contributed by atoms with Gasteiger partial charge in [0.15, 0.2) is 5.78 Å². The van der Waals surface area contributed by atoms with Gasteiger partial charge in [-0.25, -0.2) is 0 Å². The molecule has 1 aliphatic rings. The third kappa shape index (κ3) is 3.13. The van der Waals surface area contributed by atoms with Crippen LogP contribution >= 0.6 is 0 Å². The maximum atomic E-state index is 12.2. The Hall–Kier alpha value is -2.57. The van der Waals surface area contributed by atoms with Crippen LogP contribution in [-0.4, -0.2) is 25.0 Å². The summed E-state index contributed by atoms with van der Waals surface area (Å²) >= 11 is 0. The molecule has 116 valence electrons. The molecule has 0 unspecified atom stereocenters. The van der Waals surface area contributed by atoms with Crippen LogP contribution in [0.1, 0.15) is 21.5 Å². The predicted octanol–water partition coefficient (Wildman–Crippen LogP) is 1.39. The highest BCUT2D eigenvalue weighted by Gasteiger charge is 2.26. The van der Waals surface area contributed by atoms with Gasteiger partial charge < -0.3 is 20.1 Å². The SMILES string of the molecule is COc1cc(C(=O)/C=C/c2ccc3c(c2)B(O)OC3)ccc1N. The van der Waals surface area contributed by atoms with Gasteiger partial charge in [0.25, 0.3) is 0 Å². The molecule has 0 saturated carbocycles. The molecule has 0 fully saturated rings. The van der Waals surface area contributed by atoms with Crippen LogP contribution in [0.2, 0.25) is 0 Å². The van der Waals surface area contributed by atoms with Gasteiger partial charge in [0.05, 0.1) is 19.4 Å². The van der Waals surface area contributed by atoms with Crippen molar-refractivity contribution < 1.29 is 19.2 Å². The number of hydrogen-bond acceptors (Lipinski definition) is 5. The zero-order valence-electron chi connectivity index (χ0n) is 12.7. The molecule has 0 atom stereocenters. The van der Waals surface area contributed by atoms with Gasteiger partial charge in [0, 0.05) is 5.56 Å². The van der Waals surface area contributed by atoms with Gasteiger partial charge in [-0.15, -0.1) is 0 Å². The van der Waals surface area contributed by atoms with E-state index in [2.05, 4.69) is 0 Å². The van der Waals surface area contributed by atoms with E-state index in [0.29, 0.717) is 23.6 Å². The summed E-state index contributed by atoms with van der Waals surface area (Å²) in [4.78, 5) is 12.2. The number of carbonyl (C=O) groups excluding carboxylic acids is 1. The van der Waals surface area contributed by atoms with Gasteiger partial charge >= 0.3 is 7.12 Å². The molecule has 3 N–H and O–H groups in total. The maximum absolute atomic E-state index is 12.2. The van der Waals surface area contributed by atoms with Gasteiger partial charge in [-0.3, -0.25) is 4.79 Å². The third-order valence-corrected chi connectivity index (χ3v) is 3.78. The van der Waals surface area contributed by atoms with E-state index in [4.69, 9.17) is 15.1 Å². The molecule has 6 heteroatoms. The lowest BCUT2D eigenvalue weighted by molar-refractivity contribution is 0.104. The Morgan fingerprint density at radius 3 is 2.96 bits per heavy atom. The number of methoxy groups -OCH3 is 1. The van der Waals surface area contributed by atoms with Crippen LogP contribution in [-0.2, 0) is 11.3 Å². The predicted molar refractivity (Wildman–Crippen MR) is 89.6 cm³/mol. The molecule has 0 aliphatic carbocycles. The lowest BCUT2D eigenvalue weighted by Crippen LogP contribution is -2.28. The fourth-order valence-electron chi connectivity index (χ4n) is 2.47. The minimum absolute atomic E-state index is 0.152. The van der Waals surface area contributed by atoms with Crippen molar-refractivity contribution in [2.45, 2.75) is 6.61 Å². The first kappa shape index (κ1) is 15.3. The van der Waals surface area contributed by atoms with E-state index in [1.54, 1.807) is 24.3 Å². The van der Waals surface area contributed by atoms with E-state index in [1.807, 2.05) is 18.2 Å². The number of rotatable bonds is 4. The van der Waals surface area contributed by atoms with Crippen LogP contribution in [0.15, 0.2) is 42.5 Å². The molecule has 1 aliphatic heterocycles.